The normalized spacial score (nSPS) is 14.6. The Morgan fingerprint density at radius 1 is 1.40 bits per heavy atom. The van der Waals surface area contributed by atoms with E-state index in [-0.39, 0.29) is 5.95 Å². The first kappa shape index (κ1) is 16.5. The minimum atomic E-state index is -0.404. The van der Waals surface area contributed by atoms with E-state index in [4.69, 9.17) is 21.8 Å². The lowest BCUT2D eigenvalue weighted by atomic mass is 10.1. The molecule has 0 amide bonds. The maximum atomic E-state index is 12.4. The zero-order valence-corrected chi connectivity index (χ0v) is 15.5. The molecule has 2 aromatic heterocycles. The van der Waals surface area contributed by atoms with Crippen LogP contribution in [0.5, 0.6) is 0 Å². The Morgan fingerprint density at radius 2 is 2.24 bits per heavy atom. The maximum absolute atomic E-state index is 12.4. The number of benzene rings is 1. The van der Waals surface area contributed by atoms with Crippen LogP contribution in [0.25, 0.3) is 11.0 Å². The average Bonchev–Trinajstić information content (AvgIpc) is 2.59. The molecule has 1 aliphatic heterocycles. The summed E-state index contributed by atoms with van der Waals surface area (Å²) in [5.74, 6) is 0.288. The van der Waals surface area contributed by atoms with E-state index in [0.29, 0.717) is 29.3 Å². The van der Waals surface area contributed by atoms with Gasteiger partial charge in [0.05, 0.1) is 16.3 Å². The molecule has 4 rings (SSSR count). The van der Waals surface area contributed by atoms with Crippen molar-refractivity contribution in [2.75, 3.05) is 12.3 Å². The van der Waals surface area contributed by atoms with Crippen LogP contribution in [0.2, 0.25) is 5.02 Å². The van der Waals surface area contributed by atoms with Gasteiger partial charge in [0.25, 0.3) is 0 Å². The molecule has 0 radical (unpaired) electrons. The van der Waals surface area contributed by atoms with Gasteiger partial charge in [-0.3, -0.25) is 4.90 Å². The van der Waals surface area contributed by atoms with E-state index >= 15 is 0 Å². The van der Waals surface area contributed by atoms with Crippen molar-refractivity contribution in [3.05, 3.63) is 61.1 Å². The third-order valence-corrected chi connectivity index (χ3v) is 5.23. The highest BCUT2D eigenvalue weighted by atomic mass is 79.9. The summed E-state index contributed by atoms with van der Waals surface area (Å²) in [5.41, 5.74) is 8.16. The van der Waals surface area contributed by atoms with Gasteiger partial charge in [0.2, 0.25) is 5.95 Å². The molecule has 0 atom stereocenters. The molecule has 0 spiro atoms. The molecule has 6 nitrogen and oxygen atoms in total. The van der Waals surface area contributed by atoms with Gasteiger partial charge in [-0.05, 0) is 18.2 Å². The molecule has 0 unspecified atom stereocenters. The van der Waals surface area contributed by atoms with Crippen LogP contribution in [0, 0.1) is 0 Å². The van der Waals surface area contributed by atoms with E-state index in [1.165, 1.54) is 0 Å². The molecule has 0 saturated heterocycles. The van der Waals surface area contributed by atoms with Crippen molar-refractivity contribution in [2.45, 2.75) is 19.5 Å². The molecule has 25 heavy (non-hydrogen) atoms. The standard InChI is InChI=1S/C17H14BrClN4O2/c18-10-1-2-14-11(5-10)15(19)12(16(24)25-14)8-23-4-3-13-9(7-23)6-21-17(20)22-13/h1-2,5-6H,3-4,7-8H2,(H2,20,21,22). The van der Waals surface area contributed by atoms with Crippen LogP contribution in [0.15, 0.2) is 38.1 Å². The van der Waals surface area contributed by atoms with Crippen LogP contribution in [0.4, 0.5) is 5.95 Å². The zero-order chi connectivity index (χ0) is 17.6. The summed E-state index contributed by atoms with van der Waals surface area (Å²) in [7, 11) is 0. The Bertz CT molecular complexity index is 1040. The summed E-state index contributed by atoms with van der Waals surface area (Å²) in [6, 6.07) is 5.40. The number of rotatable bonds is 2. The first-order valence-corrected chi connectivity index (χ1v) is 8.92. The molecule has 0 bridgehead atoms. The number of aromatic nitrogens is 2. The van der Waals surface area contributed by atoms with Crippen LogP contribution in [-0.2, 0) is 19.5 Å². The Labute approximate surface area is 156 Å². The summed E-state index contributed by atoms with van der Waals surface area (Å²) in [6.45, 7) is 1.81. The van der Waals surface area contributed by atoms with Crippen LogP contribution >= 0.6 is 27.5 Å². The fourth-order valence-electron chi connectivity index (χ4n) is 3.06. The molecule has 1 aliphatic rings. The minimum absolute atomic E-state index is 0.288. The van der Waals surface area contributed by atoms with E-state index in [0.717, 1.165) is 34.1 Å². The van der Waals surface area contributed by atoms with Gasteiger partial charge in [-0.15, -0.1) is 0 Å². The Kier molecular flexibility index (Phi) is 4.23. The van der Waals surface area contributed by atoms with Crippen molar-refractivity contribution in [2.24, 2.45) is 0 Å². The van der Waals surface area contributed by atoms with Gasteiger partial charge in [0.1, 0.15) is 5.58 Å². The highest BCUT2D eigenvalue weighted by Gasteiger charge is 2.22. The maximum Gasteiger partial charge on any atom is 0.342 e. The van der Waals surface area contributed by atoms with Gasteiger partial charge in [-0.2, -0.15) is 0 Å². The average molecular weight is 422 g/mol. The van der Waals surface area contributed by atoms with Gasteiger partial charge < -0.3 is 10.2 Å². The lowest BCUT2D eigenvalue weighted by molar-refractivity contribution is 0.240. The summed E-state index contributed by atoms with van der Waals surface area (Å²) in [5, 5.41) is 1.16. The first-order valence-electron chi connectivity index (χ1n) is 7.74. The molecule has 0 fully saturated rings. The minimum Gasteiger partial charge on any atom is -0.422 e. The smallest absolute Gasteiger partial charge is 0.342 e. The van der Waals surface area contributed by atoms with Gasteiger partial charge in [0.15, 0.2) is 0 Å². The molecule has 0 saturated carbocycles. The lowest BCUT2D eigenvalue weighted by Gasteiger charge is -2.27. The van der Waals surface area contributed by atoms with E-state index < -0.39 is 5.63 Å². The van der Waals surface area contributed by atoms with Crippen molar-refractivity contribution >= 4 is 44.4 Å². The van der Waals surface area contributed by atoms with Crippen molar-refractivity contribution in [1.29, 1.82) is 0 Å². The Hall–Kier alpha value is -1.96. The lowest BCUT2D eigenvalue weighted by Crippen LogP contribution is -2.32. The van der Waals surface area contributed by atoms with Crippen LogP contribution in [0.1, 0.15) is 16.8 Å². The van der Waals surface area contributed by atoms with Gasteiger partial charge >= 0.3 is 5.63 Å². The SMILES string of the molecule is Nc1ncc2c(n1)CCN(Cc1c(Cl)c3cc(Br)ccc3oc1=O)C2. The molecule has 3 aromatic rings. The topological polar surface area (TPSA) is 85.2 Å². The third-order valence-electron chi connectivity index (χ3n) is 4.31. The van der Waals surface area contributed by atoms with E-state index in [9.17, 15) is 4.79 Å². The number of nitrogen functional groups attached to an aromatic ring is 1. The predicted molar refractivity (Wildman–Crippen MR) is 99.5 cm³/mol. The zero-order valence-electron chi connectivity index (χ0n) is 13.1. The second-order valence-corrected chi connectivity index (χ2v) is 7.28. The van der Waals surface area contributed by atoms with Crippen LogP contribution < -0.4 is 11.4 Å². The fraction of sp³-hybridized carbons (Fsp3) is 0.235. The predicted octanol–water partition coefficient (Wildman–Crippen LogP) is 3.14. The van der Waals surface area contributed by atoms with Gasteiger partial charge in [-0.1, -0.05) is 27.5 Å². The number of hydrogen-bond donors (Lipinski definition) is 1. The molecular formula is C17H14BrClN4O2. The van der Waals surface area contributed by atoms with Crippen molar-refractivity contribution in [3.8, 4) is 0 Å². The summed E-state index contributed by atoms with van der Waals surface area (Å²) in [4.78, 5) is 22.8. The second-order valence-electron chi connectivity index (χ2n) is 5.98. The highest BCUT2D eigenvalue weighted by molar-refractivity contribution is 9.10. The number of fused-ring (bicyclic) bond motifs is 2. The number of hydrogen-bond acceptors (Lipinski definition) is 6. The van der Waals surface area contributed by atoms with Crippen LogP contribution in [-0.4, -0.2) is 21.4 Å². The number of nitrogens with zero attached hydrogens (tertiary/aromatic N) is 3. The summed E-state index contributed by atoms with van der Waals surface area (Å²) in [6.07, 6.45) is 2.50. The number of anilines is 1. The van der Waals surface area contributed by atoms with Crippen molar-refractivity contribution in [1.82, 2.24) is 14.9 Å². The van der Waals surface area contributed by atoms with Crippen molar-refractivity contribution in [3.63, 3.8) is 0 Å². The van der Waals surface area contributed by atoms with E-state index in [1.807, 2.05) is 12.1 Å². The molecule has 128 valence electrons. The molecule has 3 heterocycles. The summed E-state index contributed by atoms with van der Waals surface area (Å²) >= 11 is 9.93. The molecule has 0 aliphatic carbocycles. The summed E-state index contributed by atoms with van der Waals surface area (Å²) < 4.78 is 6.30. The largest absolute Gasteiger partial charge is 0.422 e. The number of halogens is 2. The molecular weight excluding hydrogens is 408 g/mol. The van der Waals surface area contributed by atoms with Gasteiger partial charge in [-0.25, -0.2) is 14.8 Å². The van der Waals surface area contributed by atoms with Crippen molar-refractivity contribution < 1.29 is 4.42 Å². The molecule has 1 aromatic carbocycles. The Balaban J connectivity index is 1.67. The van der Waals surface area contributed by atoms with Gasteiger partial charge in [0, 0.05) is 47.7 Å². The second kappa shape index (κ2) is 6.40. The molecule has 2 N–H and O–H groups in total. The highest BCUT2D eigenvalue weighted by Crippen LogP contribution is 2.29. The Morgan fingerprint density at radius 3 is 3.08 bits per heavy atom. The quantitative estimate of drug-likeness (QED) is 0.640. The van der Waals surface area contributed by atoms with E-state index in [2.05, 4.69) is 30.8 Å². The monoisotopic (exact) mass is 420 g/mol. The molecule has 8 heteroatoms. The fourth-order valence-corrected chi connectivity index (χ4v) is 3.70. The van der Waals surface area contributed by atoms with E-state index in [1.54, 1.807) is 12.3 Å². The first-order chi connectivity index (χ1) is 12.0. The third kappa shape index (κ3) is 3.15. The number of nitrogens with two attached hydrogens (primary N) is 1. The van der Waals surface area contributed by atoms with Crippen LogP contribution in [0.3, 0.4) is 0 Å².